The lowest BCUT2D eigenvalue weighted by Crippen LogP contribution is -2.44. The average Bonchev–Trinajstić information content (AvgIpc) is 2.22. The number of nitrogens with zero attached hydrogens (tertiary/aromatic N) is 1. The minimum Gasteiger partial charge on any atom is -0.443 e. The number of halogens is 2. The van der Waals surface area contributed by atoms with Crippen molar-refractivity contribution in [1.29, 1.82) is 0 Å². The fraction of sp³-hybridized carbons (Fsp3) is 0.417. The third-order valence-electron chi connectivity index (χ3n) is 1.96. The first kappa shape index (κ1) is 16.5. The maximum absolute atomic E-state index is 11.9. The van der Waals surface area contributed by atoms with Crippen LogP contribution in [0.2, 0.25) is 10.2 Å². The molecule has 0 radical (unpaired) electrons. The van der Waals surface area contributed by atoms with Crippen LogP contribution in [0.1, 0.15) is 36.8 Å². The van der Waals surface area contributed by atoms with Crippen molar-refractivity contribution in [1.82, 2.24) is 15.8 Å². The molecule has 0 aliphatic carbocycles. The van der Waals surface area contributed by atoms with E-state index in [9.17, 15) is 9.59 Å². The Morgan fingerprint density at radius 2 is 1.85 bits per heavy atom. The zero-order valence-corrected chi connectivity index (χ0v) is 13.0. The predicted molar refractivity (Wildman–Crippen MR) is 75.8 cm³/mol. The summed E-state index contributed by atoms with van der Waals surface area (Å²) in [4.78, 5) is 27.2. The minimum atomic E-state index is -0.793. The maximum Gasteiger partial charge on any atom is 0.426 e. The van der Waals surface area contributed by atoms with Gasteiger partial charge in [-0.05, 0) is 33.8 Å². The second-order valence-corrected chi connectivity index (χ2v) is 5.76. The van der Waals surface area contributed by atoms with E-state index in [0.29, 0.717) is 5.69 Å². The number of aryl methyl sites for hydroxylation is 1. The number of pyridine rings is 1. The van der Waals surface area contributed by atoms with E-state index in [4.69, 9.17) is 27.9 Å². The summed E-state index contributed by atoms with van der Waals surface area (Å²) >= 11 is 11.8. The number of aromatic nitrogens is 1. The molecule has 0 aliphatic heterocycles. The van der Waals surface area contributed by atoms with E-state index in [1.165, 1.54) is 6.07 Å². The summed E-state index contributed by atoms with van der Waals surface area (Å²) in [7, 11) is 0. The molecule has 1 aromatic rings. The molecule has 8 heteroatoms. The van der Waals surface area contributed by atoms with E-state index in [-0.39, 0.29) is 15.7 Å². The third-order valence-corrected chi connectivity index (χ3v) is 2.53. The van der Waals surface area contributed by atoms with Gasteiger partial charge in [-0.3, -0.25) is 10.2 Å². The van der Waals surface area contributed by atoms with E-state index in [2.05, 4.69) is 15.8 Å². The Morgan fingerprint density at radius 3 is 2.35 bits per heavy atom. The number of hydrazine groups is 1. The number of nitrogens with one attached hydrogen (secondary N) is 2. The van der Waals surface area contributed by atoms with Crippen LogP contribution in [0.15, 0.2) is 6.07 Å². The highest BCUT2D eigenvalue weighted by atomic mass is 35.5. The summed E-state index contributed by atoms with van der Waals surface area (Å²) in [5.41, 5.74) is 4.14. The van der Waals surface area contributed by atoms with E-state index >= 15 is 0 Å². The largest absolute Gasteiger partial charge is 0.443 e. The molecule has 0 saturated carbocycles. The lowest BCUT2D eigenvalue weighted by Gasteiger charge is -2.19. The lowest BCUT2D eigenvalue weighted by atomic mass is 10.2. The van der Waals surface area contributed by atoms with Crippen molar-refractivity contribution < 1.29 is 14.3 Å². The van der Waals surface area contributed by atoms with Crippen LogP contribution >= 0.6 is 23.2 Å². The molecule has 2 N–H and O–H groups in total. The molecule has 0 atom stereocenters. The van der Waals surface area contributed by atoms with Gasteiger partial charge in [0.15, 0.2) is 0 Å². The molecule has 1 heterocycles. The quantitative estimate of drug-likeness (QED) is 0.616. The van der Waals surface area contributed by atoms with Crippen LogP contribution in [0, 0.1) is 6.92 Å². The molecule has 20 heavy (non-hydrogen) atoms. The van der Waals surface area contributed by atoms with Gasteiger partial charge in [-0.1, -0.05) is 23.2 Å². The first-order valence-electron chi connectivity index (χ1n) is 5.72. The van der Waals surface area contributed by atoms with Crippen molar-refractivity contribution in [3.8, 4) is 0 Å². The lowest BCUT2D eigenvalue weighted by molar-refractivity contribution is 0.0483. The van der Waals surface area contributed by atoms with Gasteiger partial charge in [-0.25, -0.2) is 15.2 Å². The highest BCUT2D eigenvalue weighted by Crippen LogP contribution is 2.23. The summed E-state index contributed by atoms with van der Waals surface area (Å²) in [5.74, 6) is -0.682. The molecular weight excluding hydrogens is 305 g/mol. The number of carbonyl (C=O) groups is 2. The van der Waals surface area contributed by atoms with Crippen molar-refractivity contribution in [3.05, 3.63) is 27.5 Å². The van der Waals surface area contributed by atoms with Crippen molar-refractivity contribution in [2.45, 2.75) is 33.3 Å². The molecule has 110 valence electrons. The van der Waals surface area contributed by atoms with Gasteiger partial charge in [0, 0.05) is 5.69 Å². The van der Waals surface area contributed by atoms with Crippen LogP contribution < -0.4 is 10.9 Å². The highest BCUT2D eigenvalue weighted by Gasteiger charge is 2.19. The third kappa shape index (κ3) is 4.86. The fourth-order valence-electron chi connectivity index (χ4n) is 1.27. The number of hydrogen-bond donors (Lipinski definition) is 2. The minimum absolute atomic E-state index is 0.0185. The molecule has 0 bridgehead atoms. The van der Waals surface area contributed by atoms with Gasteiger partial charge in [0.25, 0.3) is 5.91 Å². The first-order valence-corrected chi connectivity index (χ1v) is 6.47. The van der Waals surface area contributed by atoms with Crippen LogP contribution in [-0.2, 0) is 4.74 Å². The Kier molecular flexibility index (Phi) is 5.19. The van der Waals surface area contributed by atoms with Crippen LogP contribution in [-0.4, -0.2) is 22.6 Å². The summed E-state index contributed by atoms with van der Waals surface area (Å²) in [6.45, 7) is 6.79. The van der Waals surface area contributed by atoms with Gasteiger partial charge in [0.2, 0.25) is 0 Å². The first-order chi connectivity index (χ1) is 9.10. The van der Waals surface area contributed by atoms with Gasteiger partial charge < -0.3 is 4.74 Å². The number of amides is 2. The highest BCUT2D eigenvalue weighted by molar-refractivity contribution is 6.39. The average molecular weight is 320 g/mol. The molecule has 2 amide bonds. The number of hydrogen-bond acceptors (Lipinski definition) is 4. The Labute approximate surface area is 126 Å². The van der Waals surface area contributed by atoms with Gasteiger partial charge >= 0.3 is 6.09 Å². The number of rotatable bonds is 1. The molecule has 0 aliphatic rings. The molecular formula is C12H15Cl2N3O3. The van der Waals surface area contributed by atoms with Gasteiger partial charge in [-0.2, -0.15) is 0 Å². The van der Waals surface area contributed by atoms with Crippen LogP contribution in [0.25, 0.3) is 0 Å². The molecule has 0 saturated heterocycles. The fourth-order valence-corrected chi connectivity index (χ4v) is 1.98. The molecule has 6 nitrogen and oxygen atoms in total. The Bertz CT molecular complexity index is 518. The van der Waals surface area contributed by atoms with Gasteiger partial charge in [-0.15, -0.1) is 0 Å². The molecule has 1 rings (SSSR count). The van der Waals surface area contributed by atoms with Crippen molar-refractivity contribution in [3.63, 3.8) is 0 Å². The smallest absolute Gasteiger partial charge is 0.426 e. The molecule has 0 fully saturated rings. The van der Waals surface area contributed by atoms with Crippen LogP contribution in [0.4, 0.5) is 4.79 Å². The van der Waals surface area contributed by atoms with Crippen LogP contribution in [0.5, 0.6) is 0 Å². The second kappa shape index (κ2) is 6.28. The number of carbonyl (C=O) groups excluding carboxylic acids is 2. The van der Waals surface area contributed by atoms with Gasteiger partial charge in [0.1, 0.15) is 10.8 Å². The normalized spacial score (nSPS) is 10.9. The van der Waals surface area contributed by atoms with Crippen molar-refractivity contribution in [2.24, 2.45) is 0 Å². The predicted octanol–water partition coefficient (Wildman–Crippen LogP) is 2.87. The SMILES string of the molecule is Cc1cc(Cl)c(C(=O)NNC(=O)OC(C)(C)C)c(Cl)n1. The Morgan fingerprint density at radius 1 is 1.25 bits per heavy atom. The topological polar surface area (TPSA) is 80.3 Å². The Hall–Kier alpha value is -1.53. The molecule has 0 spiro atoms. The summed E-state index contributed by atoms with van der Waals surface area (Å²) < 4.78 is 4.96. The Balaban J connectivity index is 2.71. The molecule has 1 aromatic heterocycles. The van der Waals surface area contributed by atoms with E-state index in [0.717, 1.165) is 0 Å². The zero-order chi connectivity index (χ0) is 15.5. The second-order valence-electron chi connectivity index (χ2n) is 4.99. The van der Waals surface area contributed by atoms with E-state index < -0.39 is 17.6 Å². The molecule has 0 unspecified atom stereocenters. The standard InChI is InChI=1S/C12H15Cl2N3O3/c1-6-5-7(13)8(9(14)15-6)10(18)16-17-11(19)20-12(2,3)4/h5H,1-4H3,(H,16,18)(H,17,19). The summed E-state index contributed by atoms with van der Waals surface area (Å²) in [6, 6.07) is 1.50. The van der Waals surface area contributed by atoms with Crippen molar-refractivity contribution in [2.75, 3.05) is 0 Å². The zero-order valence-electron chi connectivity index (χ0n) is 11.5. The van der Waals surface area contributed by atoms with E-state index in [1.54, 1.807) is 27.7 Å². The van der Waals surface area contributed by atoms with Crippen LogP contribution in [0.3, 0.4) is 0 Å². The summed E-state index contributed by atoms with van der Waals surface area (Å²) in [6.07, 6.45) is -0.793. The summed E-state index contributed by atoms with van der Waals surface area (Å²) in [5, 5.41) is 0.101. The van der Waals surface area contributed by atoms with E-state index in [1.807, 2.05) is 0 Å². The van der Waals surface area contributed by atoms with Crippen molar-refractivity contribution >= 4 is 35.2 Å². The number of ether oxygens (including phenoxy) is 1. The maximum atomic E-state index is 11.9. The monoisotopic (exact) mass is 319 g/mol. The van der Waals surface area contributed by atoms with Gasteiger partial charge in [0.05, 0.1) is 10.6 Å². The molecule has 0 aromatic carbocycles.